The molecule has 0 radical (unpaired) electrons. The third-order valence-electron chi connectivity index (χ3n) is 24.3. The number of hydrogen-bond acceptors (Lipinski definition) is 12. The van der Waals surface area contributed by atoms with Crippen molar-refractivity contribution in [1.82, 2.24) is 59.1 Å². The Hall–Kier alpha value is -12.0. The number of aliphatic hydroxyl groups is 2. The number of aldehydes is 1. The van der Waals surface area contributed by atoms with Gasteiger partial charge in [0.1, 0.15) is 59.8 Å². The predicted molar refractivity (Wildman–Crippen MR) is 560 cm³/mol. The fourth-order valence-corrected chi connectivity index (χ4v) is 19.7. The third-order valence-corrected chi connectivity index (χ3v) is 25.0. The van der Waals surface area contributed by atoms with Crippen LogP contribution in [0.2, 0.25) is 20.6 Å². The molecule has 139 heavy (non-hydrogen) atoms. The van der Waals surface area contributed by atoms with E-state index in [9.17, 15) is 19.8 Å². The number of carbonyl (C=O) groups is 2. The zero-order valence-corrected chi connectivity index (χ0v) is 86.9. The van der Waals surface area contributed by atoms with Gasteiger partial charge in [-0.25, -0.2) is 38.7 Å². The maximum Gasteiger partial charge on any atom is 2.00 e. The molecule has 0 saturated carbocycles. The van der Waals surface area contributed by atoms with Crippen LogP contribution < -0.4 is 34.0 Å². The first kappa shape index (κ1) is 109. The number of fused-ring (bicyclic) bond motifs is 4. The van der Waals surface area contributed by atoms with Crippen molar-refractivity contribution < 1.29 is 53.8 Å². The van der Waals surface area contributed by atoms with Crippen molar-refractivity contribution >= 4 is 148 Å². The van der Waals surface area contributed by atoms with Crippen LogP contribution >= 0.6 is 46.4 Å². The molecule has 692 valence electrons. The summed E-state index contributed by atoms with van der Waals surface area (Å²) in [7, 11) is 0. The van der Waals surface area contributed by atoms with Crippen LogP contribution in [0.1, 0.15) is 163 Å². The van der Waals surface area contributed by atoms with Gasteiger partial charge in [-0.3, -0.25) is 9.59 Å². The fraction of sp³-hybridized carbons (Fsp3) is 0.130. The van der Waals surface area contributed by atoms with E-state index in [0.29, 0.717) is 38.5 Å². The second-order valence-electron chi connectivity index (χ2n) is 33.0. The number of ketones is 1. The monoisotopic (exact) mass is 2060 g/mol. The Labute approximate surface area is 885 Å². The van der Waals surface area contributed by atoms with Crippen LogP contribution in [0.4, 0.5) is 0 Å². The van der Waals surface area contributed by atoms with Crippen LogP contribution in [-0.4, -0.2) is 127 Å². The fourth-order valence-electron chi connectivity index (χ4n) is 18.9. The number of Topliss-reactive ketones (excluding diaryl/α,β-unsaturated/α-hetero) is 1. The van der Waals surface area contributed by atoms with Gasteiger partial charge in [0.25, 0.3) is 0 Å². The molecule has 0 aliphatic carbocycles. The van der Waals surface area contributed by atoms with Gasteiger partial charge in [-0.1, -0.05) is 418 Å². The smallest absolute Gasteiger partial charge is 1.00 e. The summed E-state index contributed by atoms with van der Waals surface area (Å²) in [4.78, 5) is 41.8. The minimum Gasteiger partial charge on any atom is -1.00 e. The summed E-state index contributed by atoms with van der Waals surface area (Å²) >= 11 is 25.8. The largest absolute Gasteiger partial charge is 2.00 e. The summed E-state index contributed by atoms with van der Waals surface area (Å²) in [6, 6.07) is 131. The molecule has 1 atom stereocenters. The van der Waals surface area contributed by atoms with E-state index in [1.165, 1.54) is 6.92 Å². The number of hydrogen-bond donors (Lipinski definition) is 2. The van der Waals surface area contributed by atoms with Crippen molar-refractivity contribution in [3.05, 3.63) is 536 Å². The summed E-state index contributed by atoms with van der Waals surface area (Å²) in [6.45, 7) is 14.4. The first-order chi connectivity index (χ1) is 64.0. The van der Waals surface area contributed by atoms with E-state index in [2.05, 4.69) is 166 Å². The average molecular weight is 2070 g/mol. The molecule has 12 aromatic carbocycles. The van der Waals surface area contributed by atoms with E-state index < -0.39 is 33.9 Å². The molecule has 0 fully saturated rings. The van der Waals surface area contributed by atoms with Crippen LogP contribution in [-0.2, 0) is 27.8 Å². The van der Waals surface area contributed by atoms with Gasteiger partial charge in [0.05, 0.1) is 73.1 Å². The molecule has 16 nitrogen and oxygen atoms in total. The van der Waals surface area contributed by atoms with Gasteiger partial charge < -0.3 is 59.0 Å². The maximum absolute atomic E-state index is 12.5. The molecule has 8 aromatic heterocycles. The Balaban J connectivity index is 0.000000188. The van der Waals surface area contributed by atoms with Crippen molar-refractivity contribution in [2.24, 2.45) is 0 Å². The number of rotatable bonds is 20. The molecule has 0 aliphatic rings. The van der Waals surface area contributed by atoms with Gasteiger partial charge in [-0.05, 0) is 115 Å². The SMILES string of the molecule is C.CC(=O)c1nc(Cl)cc2c1c(C)nn2C(c1ccccc1)(c1ccccc1)c1ccccc1.Cc1nn(C(c2ccccc2)(c2ccccc2)c2ccccc2)c2cc(Cl)nc(C(C)(C)O)c12.Cc1nn(C(c2ccccc2)(c2ccccc2)c2ccccc2)c2cc(Cl)nc(C(C)O)c12.Cc1nn(C(c2ccccc2)(c2ccccc2)c2ccccc2)c2cc(Cl)nc(C=O)c12.[Br-].[Br-].[CH3-].[CH3-].[Mg+2].[Mg+2]. The zero-order chi connectivity index (χ0) is 92.1. The van der Waals surface area contributed by atoms with Crippen LogP contribution in [0.3, 0.4) is 0 Å². The first-order valence-corrected chi connectivity index (χ1v) is 44.9. The minimum atomic E-state index is -1.18. The van der Waals surface area contributed by atoms with E-state index in [4.69, 9.17) is 66.8 Å². The summed E-state index contributed by atoms with van der Waals surface area (Å²) in [5.41, 5.74) is 16.2. The second kappa shape index (κ2) is 46.9. The summed E-state index contributed by atoms with van der Waals surface area (Å²) in [6.07, 6.45) is -0.0373. The van der Waals surface area contributed by atoms with Crippen molar-refractivity contribution in [2.75, 3.05) is 0 Å². The van der Waals surface area contributed by atoms with E-state index in [0.717, 1.165) is 134 Å². The molecule has 2 N–H and O–H groups in total. The Morgan fingerprint density at radius 2 is 0.518 bits per heavy atom. The standard InChI is InChI=1S/C29H26ClN3O.C28H24ClN3O.C28H22ClN3O.C27H20ClN3O.CH4.2CH3.2BrH.2Mg/c1-20-26-24(19-25(30)31-27(26)28(2,3)34)33(32-20)29(21-13-7-4-8-14-21,22-15-9-5-10-16-22)23-17-11-6-12-18-23;2*1-19-26-24(18-25(29)30-27(26)20(2)33)32(31-19)28(21-12-6-3-7-13-21,22-14-8-4-9-15-22)23-16-10-5-11-17-23;1-19-26-23(18-32)29-25(28)17-24(26)31(30-19)27(20-11-5-2-6-12-20,21-13-7-3-8-14-21)22-15-9-4-10-16-22;;;;;;;/h4-19,34H,1-3H3;3-18,20,33H,1-2H3;3-18H,1-2H3;2-18H,1H3;1H4;2*1H3;2*1H;;/q;;;;;2*-1;;;2*+2/p-2. The molecule has 24 heteroatoms. The number of carbonyl (C=O) groups excluding carboxylic acids is 2. The zero-order valence-electron chi connectivity index (χ0n) is 77.9. The maximum atomic E-state index is 12.5. The number of benzene rings is 12. The number of halogens is 6. The molecular formula is C115H102Br2Cl4Mg2N12O4. The summed E-state index contributed by atoms with van der Waals surface area (Å²) in [5.74, 6) is -0.144. The van der Waals surface area contributed by atoms with Crippen LogP contribution in [0.15, 0.2) is 388 Å². The Morgan fingerprint density at radius 3 is 0.748 bits per heavy atom. The summed E-state index contributed by atoms with van der Waals surface area (Å²) in [5, 5.41) is 45.9. The van der Waals surface area contributed by atoms with E-state index in [1.807, 2.05) is 277 Å². The molecular weight excluding hydrogens is 1960 g/mol. The molecule has 20 aromatic rings. The van der Waals surface area contributed by atoms with E-state index in [1.54, 1.807) is 32.9 Å². The molecule has 0 saturated heterocycles. The number of nitrogens with zero attached hydrogens (tertiary/aromatic N) is 12. The van der Waals surface area contributed by atoms with Crippen LogP contribution in [0, 0.1) is 42.5 Å². The van der Waals surface area contributed by atoms with Gasteiger partial charge in [0, 0.05) is 42.0 Å². The predicted octanol–water partition coefficient (Wildman–Crippen LogP) is 20.0. The van der Waals surface area contributed by atoms with Gasteiger partial charge in [0.2, 0.25) is 0 Å². The molecule has 0 amide bonds. The van der Waals surface area contributed by atoms with Crippen LogP contribution in [0.25, 0.3) is 43.6 Å². The van der Waals surface area contributed by atoms with E-state index >= 15 is 0 Å². The van der Waals surface area contributed by atoms with Crippen molar-refractivity contribution in [3.8, 4) is 0 Å². The first-order valence-electron chi connectivity index (χ1n) is 43.3. The third kappa shape index (κ3) is 20.4. The van der Waals surface area contributed by atoms with Gasteiger partial charge in [-0.15, -0.1) is 0 Å². The Kier molecular flexibility index (Phi) is 36.8. The Morgan fingerprint density at radius 1 is 0.324 bits per heavy atom. The van der Waals surface area contributed by atoms with Gasteiger partial charge >= 0.3 is 46.1 Å². The quantitative estimate of drug-likeness (QED) is 0.0183. The number of aliphatic hydroxyl groups excluding tert-OH is 1. The number of pyridine rings is 4. The van der Waals surface area contributed by atoms with Crippen molar-refractivity contribution in [1.29, 1.82) is 0 Å². The van der Waals surface area contributed by atoms with Gasteiger partial charge in [-0.2, -0.15) is 20.4 Å². The average Bonchev–Trinajstić information content (AvgIpc) is 1.61. The van der Waals surface area contributed by atoms with Crippen molar-refractivity contribution in [2.45, 2.75) is 96.7 Å². The Bertz CT molecular complexity index is 7110. The molecule has 0 spiro atoms. The molecule has 8 heterocycles. The topological polar surface area (TPSA) is 197 Å². The van der Waals surface area contributed by atoms with E-state index in [-0.39, 0.29) is 118 Å². The summed E-state index contributed by atoms with van der Waals surface area (Å²) < 4.78 is 8.06. The molecule has 0 aliphatic heterocycles. The molecule has 0 bridgehead atoms. The van der Waals surface area contributed by atoms with Gasteiger partial charge in [0.15, 0.2) is 12.1 Å². The number of aryl methyl sites for hydroxylation is 4. The molecule has 20 rings (SSSR count). The normalized spacial score (nSPS) is 11.4. The minimum absolute atomic E-state index is 0. The number of aromatic nitrogens is 12. The van der Waals surface area contributed by atoms with Crippen LogP contribution in [0.5, 0.6) is 0 Å². The van der Waals surface area contributed by atoms with Crippen molar-refractivity contribution in [3.63, 3.8) is 0 Å². The molecule has 1 unspecified atom stereocenters. The second-order valence-corrected chi connectivity index (χ2v) is 34.5.